The lowest BCUT2D eigenvalue weighted by Crippen LogP contribution is -2.49. The van der Waals surface area contributed by atoms with Crippen molar-refractivity contribution in [2.75, 3.05) is 6.61 Å². The van der Waals surface area contributed by atoms with Gasteiger partial charge in [0.05, 0.1) is 33.8 Å². The monoisotopic (exact) mass is 350 g/mol. The molecule has 2 bridgehead atoms. The van der Waals surface area contributed by atoms with Gasteiger partial charge < -0.3 is 9.47 Å². The van der Waals surface area contributed by atoms with Crippen molar-refractivity contribution >= 4 is 26.8 Å². The van der Waals surface area contributed by atoms with Gasteiger partial charge in [-0.3, -0.25) is 4.68 Å². The van der Waals surface area contributed by atoms with Gasteiger partial charge in [0, 0.05) is 30.5 Å². The van der Waals surface area contributed by atoms with E-state index in [4.69, 9.17) is 14.6 Å². The highest BCUT2D eigenvalue weighted by Crippen LogP contribution is 2.55. The van der Waals surface area contributed by atoms with Gasteiger partial charge in [-0.25, -0.2) is 0 Å². The molecular formula is C16H19BrN2O2. The van der Waals surface area contributed by atoms with Crippen LogP contribution in [0, 0.1) is 0 Å². The number of ether oxygens (including phenoxy) is 2. The Morgan fingerprint density at radius 3 is 2.76 bits per heavy atom. The lowest BCUT2D eigenvalue weighted by Gasteiger charge is -2.42. The summed E-state index contributed by atoms with van der Waals surface area (Å²) in [5.74, 6) is 0.848. The summed E-state index contributed by atoms with van der Waals surface area (Å²) in [5.41, 5.74) is 1.12. The Morgan fingerprint density at radius 2 is 2.14 bits per heavy atom. The van der Waals surface area contributed by atoms with Gasteiger partial charge in [-0.2, -0.15) is 5.10 Å². The van der Waals surface area contributed by atoms with Crippen LogP contribution in [-0.4, -0.2) is 28.1 Å². The van der Waals surface area contributed by atoms with Crippen LogP contribution in [-0.2, 0) is 10.3 Å². The maximum atomic E-state index is 5.87. The molecule has 1 aromatic heterocycles. The Hall–Kier alpha value is -1.07. The minimum atomic E-state index is 0.0688. The lowest BCUT2D eigenvalue weighted by molar-refractivity contribution is 0.00384. The molecule has 2 aromatic rings. The van der Waals surface area contributed by atoms with Gasteiger partial charge in [0.25, 0.3) is 0 Å². The molecule has 0 atom stereocenters. The maximum Gasteiger partial charge on any atom is 0.136 e. The van der Waals surface area contributed by atoms with Crippen molar-refractivity contribution in [3.8, 4) is 5.75 Å². The smallest absolute Gasteiger partial charge is 0.136 e. The zero-order valence-corrected chi connectivity index (χ0v) is 14.1. The SMILES string of the molecule is CC(C)Oc1cc2nn(C34COC(C)(C3)C4)cc2cc1Br. The molecule has 0 spiro atoms. The van der Waals surface area contributed by atoms with Crippen molar-refractivity contribution in [3.05, 3.63) is 22.8 Å². The molecule has 3 heterocycles. The van der Waals surface area contributed by atoms with E-state index in [9.17, 15) is 0 Å². The van der Waals surface area contributed by atoms with Gasteiger partial charge in [0.1, 0.15) is 5.75 Å². The number of nitrogens with zero attached hydrogens (tertiary/aromatic N) is 2. The van der Waals surface area contributed by atoms with Crippen molar-refractivity contribution in [2.45, 2.75) is 50.9 Å². The molecular weight excluding hydrogens is 332 g/mol. The molecule has 5 heteroatoms. The van der Waals surface area contributed by atoms with Crippen LogP contribution in [0.4, 0.5) is 0 Å². The topological polar surface area (TPSA) is 36.3 Å². The quantitative estimate of drug-likeness (QED) is 0.843. The molecule has 0 N–H and O–H groups in total. The predicted molar refractivity (Wildman–Crippen MR) is 84.8 cm³/mol. The number of hydrogen-bond donors (Lipinski definition) is 0. The molecule has 1 aromatic carbocycles. The van der Waals surface area contributed by atoms with Crippen LogP contribution < -0.4 is 4.74 Å². The number of fused-ring (bicyclic) bond motifs is 2. The van der Waals surface area contributed by atoms with Gasteiger partial charge in [-0.15, -0.1) is 0 Å². The highest BCUT2D eigenvalue weighted by atomic mass is 79.9. The second kappa shape index (κ2) is 4.23. The van der Waals surface area contributed by atoms with Gasteiger partial charge in [0.2, 0.25) is 0 Å². The van der Waals surface area contributed by atoms with Crippen LogP contribution in [0.15, 0.2) is 22.8 Å². The molecule has 0 unspecified atom stereocenters. The molecule has 4 nitrogen and oxygen atoms in total. The van der Waals surface area contributed by atoms with E-state index >= 15 is 0 Å². The first-order valence-corrected chi connectivity index (χ1v) is 8.19. The third-order valence-electron chi connectivity index (χ3n) is 4.50. The van der Waals surface area contributed by atoms with E-state index in [1.165, 1.54) is 0 Å². The minimum Gasteiger partial charge on any atom is -0.490 e. The molecule has 5 rings (SSSR count). The van der Waals surface area contributed by atoms with Crippen LogP contribution in [0.2, 0.25) is 0 Å². The third kappa shape index (κ3) is 2.01. The zero-order chi connectivity index (χ0) is 14.8. The van der Waals surface area contributed by atoms with Crippen LogP contribution in [0.5, 0.6) is 5.75 Å². The Balaban J connectivity index is 1.74. The molecule has 1 aliphatic carbocycles. The van der Waals surface area contributed by atoms with Crippen LogP contribution >= 0.6 is 15.9 Å². The van der Waals surface area contributed by atoms with E-state index in [-0.39, 0.29) is 17.2 Å². The lowest BCUT2D eigenvalue weighted by atomic mass is 9.69. The average molecular weight is 351 g/mol. The fourth-order valence-corrected chi connectivity index (χ4v) is 4.15. The second-order valence-corrected chi connectivity index (χ2v) is 7.75. The summed E-state index contributed by atoms with van der Waals surface area (Å²) in [6.07, 6.45) is 4.40. The molecule has 0 amide bonds. The van der Waals surface area contributed by atoms with Gasteiger partial charge in [-0.1, -0.05) is 0 Å². The minimum absolute atomic E-state index is 0.0688. The molecule has 0 radical (unpaired) electrons. The number of rotatable bonds is 3. The summed E-state index contributed by atoms with van der Waals surface area (Å²) < 4.78 is 14.8. The molecule has 1 saturated carbocycles. The molecule has 3 fully saturated rings. The Labute approximate surface area is 132 Å². The number of aromatic nitrogens is 2. The van der Waals surface area contributed by atoms with Crippen LogP contribution in [0.3, 0.4) is 0 Å². The Bertz CT molecular complexity index is 716. The highest BCUT2D eigenvalue weighted by Gasteiger charge is 2.61. The summed E-state index contributed by atoms with van der Waals surface area (Å²) in [6, 6.07) is 4.10. The standard InChI is InChI=1S/C16H19BrN2O2/c1-10(2)21-14-5-13-11(4-12(14)17)6-19(18-13)16-7-15(3,8-16)20-9-16/h4-6,10H,7-9H2,1-3H3. The maximum absolute atomic E-state index is 5.87. The first kappa shape index (κ1) is 13.6. The molecule has 3 aliphatic rings. The summed E-state index contributed by atoms with van der Waals surface area (Å²) in [4.78, 5) is 0. The van der Waals surface area contributed by atoms with Gasteiger partial charge in [0.15, 0.2) is 0 Å². The summed E-state index contributed by atoms with van der Waals surface area (Å²) in [6.45, 7) is 7.01. The van der Waals surface area contributed by atoms with E-state index in [1.807, 2.05) is 19.9 Å². The van der Waals surface area contributed by atoms with E-state index < -0.39 is 0 Å². The highest BCUT2D eigenvalue weighted by molar-refractivity contribution is 9.10. The van der Waals surface area contributed by atoms with E-state index in [2.05, 4.69) is 39.8 Å². The van der Waals surface area contributed by atoms with E-state index in [0.29, 0.717) is 0 Å². The first-order chi connectivity index (χ1) is 9.89. The Morgan fingerprint density at radius 1 is 1.38 bits per heavy atom. The number of benzene rings is 1. The fraction of sp³-hybridized carbons (Fsp3) is 0.562. The summed E-state index contributed by atoms with van der Waals surface area (Å²) >= 11 is 3.58. The normalized spacial score (nSPS) is 30.9. The third-order valence-corrected chi connectivity index (χ3v) is 5.12. The summed E-state index contributed by atoms with van der Waals surface area (Å²) in [7, 11) is 0. The first-order valence-electron chi connectivity index (χ1n) is 7.39. The average Bonchev–Trinajstić information content (AvgIpc) is 2.99. The number of halogens is 1. The molecule has 2 saturated heterocycles. The number of hydrogen-bond acceptors (Lipinski definition) is 3. The second-order valence-electron chi connectivity index (χ2n) is 6.90. The van der Waals surface area contributed by atoms with Crippen molar-refractivity contribution in [2.24, 2.45) is 0 Å². The Kier molecular flexibility index (Phi) is 2.74. The predicted octanol–water partition coefficient (Wildman–Crippen LogP) is 3.86. The molecule has 21 heavy (non-hydrogen) atoms. The largest absolute Gasteiger partial charge is 0.490 e. The van der Waals surface area contributed by atoms with E-state index in [0.717, 1.165) is 40.6 Å². The van der Waals surface area contributed by atoms with Crippen molar-refractivity contribution in [3.63, 3.8) is 0 Å². The van der Waals surface area contributed by atoms with Crippen molar-refractivity contribution < 1.29 is 9.47 Å². The van der Waals surface area contributed by atoms with Crippen LogP contribution in [0.1, 0.15) is 33.6 Å². The van der Waals surface area contributed by atoms with Gasteiger partial charge >= 0.3 is 0 Å². The van der Waals surface area contributed by atoms with E-state index in [1.54, 1.807) is 0 Å². The van der Waals surface area contributed by atoms with Crippen molar-refractivity contribution in [1.82, 2.24) is 9.78 Å². The van der Waals surface area contributed by atoms with Crippen LogP contribution in [0.25, 0.3) is 10.9 Å². The molecule has 2 aliphatic heterocycles. The summed E-state index contributed by atoms with van der Waals surface area (Å²) in [5, 5.41) is 5.91. The molecule has 112 valence electrons. The zero-order valence-electron chi connectivity index (χ0n) is 12.5. The fourth-order valence-electron chi connectivity index (χ4n) is 3.69. The van der Waals surface area contributed by atoms with Crippen molar-refractivity contribution in [1.29, 1.82) is 0 Å². The van der Waals surface area contributed by atoms with Gasteiger partial charge in [-0.05, 0) is 42.8 Å².